The van der Waals surface area contributed by atoms with Crippen molar-refractivity contribution in [2.45, 2.75) is 25.6 Å². The number of ether oxygens (including phenoxy) is 1. The molecule has 2 heterocycles. The molecule has 3 rings (SSSR count). The molecule has 0 radical (unpaired) electrons. The molecule has 128 valence electrons. The number of carbonyl (C=O) groups excluding carboxylic acids is 1. The van der Waals surface area contributed by atoms with Crippen molar-refractivity contribution >= 4 is 17.7 Å². The molecular weight excluding hydrogens is 336 g/mol. The van der Waals surface area contributed by atoms with Crippen molar-refractivity contribution in [2.75, 3.05) is 5.75 Å². The summed E-state index contributed by atoms with van der Waals surface area (Å²) in [5.74, 6) is -0.149. The summed E-state index contributed by atoms with van der Waals surface area (Å²) in [6.45, 7) is 3.95. The predicted molar refractivity (Wildman–Crippen MR) is 95.6 cm³/mol. The second-order valence-corrected chi connectivity index (χ2v) is 6.41. The quantitative estimate of drug-likeness (QED) is 0.385. The van der Waals surface area contributed by atoms with Gasteiger partial charge >= 0.3 is 5.97 Å². The molecular formula is C18H18N4O2S. The lowest BCUT2D eigenvalue weighted by Crippen LogP contribution is -2.08. The molecule has 0 aliphatic rings. The summed E-state index contributed by atoms with van der Waals surface area (Å²) in [5.41, 5.74) is 3.43. The molecule has 0 fully saturated rings. The number of rotatable bonds is 6. The van der Waals surface area contributed by atoms with Gasteiger partial charge in [0.1, 0.15) is 12.3 Å². The van der Waals surface area contributed by atoms with Crippen molar-refractivity contribution in [1.82, 2.24) is 19.7 Å². The molecule has 0 saturated carbocycles. The first kappa shape index (κ1) is 17.2. The number of aromatic nitrogens is 4. The third kappa shape index (κ3) is 4.90. The SMILES string of the molecule is Cc1cc(C)nc(SCC(=O)OCc2ccn(-c3ccccc3)n2)n1. The Labute approximate surface area is 150 Å². The molecule has 0 amide bonds. The Morgan fingerprint density at radius 3 is 2.56 bits per heavy atom. The maximum atomic E-state index is 11.9. The van der Waals surface area contributed by atoms with Gasteiger partial charge in [-0.15, -0.1) is 0 Å². The summed E-state index contributed by atoms with van der Waals surface area (Å²) in [6.07, 6.45) is 1.84. The third-order valence-electron chi connectivity index (χ3n) is 3.33. The summed E-state index contributed by atoms with van der Waals surface area (Å²) in [6, 6.07) is 13.5. The van der Waals surface area contributed by atoms with E-state index in [1.807, 2.05) is 62.5 Å². The molecule has 0 aliphatic heterocycles. The number of aryl methyl sites for hydroxylation is 2. The molecule has 0 saturated heterocycles. The van der Waals surface area contributed by atoms with E-state index < -0.39 is 0 Å². The predicted octanol–water partition coefficient (Wildman–Crippen LogP) is 3.11. The maximum absolute atomic E-state index is 11.9. The van der Waals surface area contributed by atoms with Crippen molar-refractivity contribution in [3.05, 3.63) is 65.7 Å². The number of esters is 1. The number of nitrogens with zero attached hydrogens (tertiary/aromatic N) is 4. The van der Waals surface area contributed by atoms with Gasteiger partial charge in [-0.3, -0.25) is 4.79 Å². The van der Waals surface area contributed by atoms with Crippen LogP contribution < -0.4 is 0 Å². The first-order valence-corrected chi connectivity index (χ1v) is 8.79. The highest BCUT2D eigenvalue weighted by molar-refractivity contribution is 7.99. The van der Waals surface area contributed by atoms with Crippen LogP contribution in [0.25, 0.3) is 5.69 Å². The van der Waals surface area contributed by atoms with Crippen LogP contribution in [0.4, 0.5) is 0 Å². The molecule has 0 unspecified atom stereocenters. The van der Waals surface area contributed by atoms with Crippen LogP contribution in [0.5, 0.6) is 0 Å². The standard InChI is InChI=1S/C18H18N4O2S/c1-13-10-14(2)20-18(19-13)25-12-17(23)24-11-15-8-9-22(21-15)16-6-4-3-5-7-16/h3-10H,11-12H2,1-2H3. The highest BCUT2D eigenvalue weighted by atomic mass is 32.2. The average Bonchev–Trinajstić information content (AvgIpc) is 3.07. The summed E-state index contributed by atoms with van der Waals surface area (Å²) in [5, 5.41) is 4.99. The van der Waals surface area contributed by atoms with Crippen molar-refractivity contribution in [2.24, 2.45) is 0 Å². The Balaban J connectivity index is 1.50. The molecule has 0 spiro atoms. The molecule has 0 atom stereocenters. The lowest BCUT2D eigenvalue weighted by Gasteiger charge is -2.04. The Hall–Kier alpha value is -2.67. The third-order valence-corrected chi connectivity index (χ3v) is 4.15. The van der Waals surface area contributed by atoms with Crippen molar-refractivity contribution < 1.29 is 9.53 Å². The van der Waals surface area contributed by atoms with E-state index >= 15 is 0 Å². The van der Waals surface area contributed by atoms with E-state index in [1.54, 1.807) is 4.68 Å². The second-order valence-electron chi connectivity index (χ2n) is 5.47. The summed E-state index contributed by atoms with van der Waals surface area (Å²) >= 11 is 1.27. The van der Waals surface area contributed by atoms with Gasteiger partial charge in [-0.25, -0.2) is 14.6 Å². The summed E-state index contributed by atoms with van der Waals surface area (Å²) in [4.78, 5) is 20.5. The lowest BCUT2D eigenvalue weighted by atomic mass is 10.3. The van der Waals surface area contributed by atoms with E-state index in [0.717, 1.165) is 17.1 Å². The number of thioether (sulfide) groups is 1. The van der Waals surface area contributed by atoms with E-state index in [9.17, 15) is 4.79 Å². The van der Waals surface area contributed by atoms with E-state index in [0.29, 0.717) is 10.9 Å². The largest absolute Gasteiger partial charge is 0.458 e. The lowest BCUT2D eigenvalue weighted by molar-refractivity contribution is -0.141. The molecule has 2 aromatic heterocycles. The van der Waals surface area contributed by atoms with Gasteiger partial charge in [0.2, 0.25) is 0 Å². The van der Waals surface area contributed by atoms with E-state index in [1.165, 1.54) is 11.8 Å². The molecule has 6 nitrogen and oxygen atoms in total. The molecule has 25 heavy (non-hydrogen) atoms. The van der Waals surface area contributed by atoms with Gasteiger partial charge in [0.15, 0.2) is 5.16 Å². The van der Waals surface area contributed by atoms with Crippen LogP contribution in [0.15, 0.2) is 53.8 Å². The van der Waals surface area contributed by atoms with Crippen LogP contribution in [0, 0.1) is 13.8 Å². The number of benzene rings is 1. The fraction of sp³-hybridized carbons (Fsp3) is 0.222. The number of carbonyl (C=O) groups is 1. The fourth-order valence-corrected chi connectivity index (χ4v) is 2.99. The van der Waals surface area contributed by atoms with Gasteiger partial charge in [-0.05, 0) is 38.1 Å². The smallest absolute Gasteiger partial charge is 0.316 e. The Morgan fingerprint density at radius 1 is 1.12 bits per heavy atom. The minimum Gasteiger partial charge on any atom is -0.458 e. The summed E-state index contributed by atoms with van der Waals surface area (Å²) in [7, 11) is 0. The first-order valence-electron chi connectivity index (χ1n) is 7.81. The maximum Gasteiger partial charge on any atom is 0.316 e. The molecule has 3 aromatic rings. The molecule has 7 heteroatoms. The molecule has 0 aliphatic carbocycles. The van der Waals surface area contributed by atoms with Gasteiger partial charge < -0.3 is 4.74 Å². The molecule has 0 N–H and O–H groups in total. The van der Waals surface area contributed by atoms with Crippen molar-refractivity contribution in [3.8, 4) is 5.69 Å². The minimum atomic E-state index is -0.318. The van der Waals surface area contributed by atoms with Crippen LogP contribution in [0.1, 0.15) is 17.1 Å². The fourth-order valence-electron chi connectivity index (χ4n) is 2.24. The van der Waals surface area contributed by atoms with Crippen LogP contribution >= 0.6 is 11.8 Å². The van der Waals surface area contributed by atoms with Gasteiger partial charge in [0.25, 0.3) is 0 Å². The van der Waals surface area contributed by atoms with Gasteiger partial charge in [0, 0.05) is 17.6 Å². The monoisotopic (exact) mass is 354 g/mol. The molecule has 1 aromatic carbocycles. The number of para-hydroxylation sites is 1. The minimum absolute atomic E-state index is 0.146. The van der Waals surface area contributed by atoms with Crippen molar-refractivity contribution in [3.63, 3.8) is 0 Å². The molecule has 0 bridgehead atoms. The average molecular weight is 354 g/mol. The Bertz CT molecular complexity index is 844. The van der Waals surface area contributed by atoms with E-state index in [-0.39, 0.29) is 18.3 Å². The Morgan fingerprint density at radius 2 is 1.84 bits per heavy atom. The zero-order chi connectivity index (χ0) is 17.6. The summed E-state index contributed by atoms with van der Waals surface area (Å²) < 4.78 is 7.02. The zero-order valence-electron chi connectivity index (χ0n) is 14.0. The highest BCUT2D eigenvalue weighted by Gasteiger charge is 2.09. The van der Waals surface area contributed by atoms with Crippen LogP contribution in [-0.4, -0.2) is 31.5 Å². The topological polar surface area (TPSA) is 69.9 Å². The number of hydrogen-bond acceptors (Lipinski definition) is 6. The van der Waals surface area contributed by atoms with Crippen LogP contribution in [0.3, 0.4) is 0 Å². The Kier molecular flexibility index (Phi) is 5.45. The highest BCUT2D eigenvalue weighted by Crippen LogP contribution is 2.14. The van der Waals surface area contributed by atoms with Gasteiger partial charge in [-0.2, -0.15) is 5.10 Å². The van der Waals surface area contributed by atoms with Gasteiger partial charge in [0.05, 0.1) is 11.4 Å². The van der Waals surface area contributed by atoms with E-state index in [2.05, 4.69) is 15.1 Å². The van der Waals surface area contributed by atoms with E-state index in [4.69, 9.17) is 4.74 Å². The van der Waals surface area contributed by atoms with Crippen molar-refractivity contribution in [1.29, 1.82) is 0 Å². The van der Waals surface area contributed by atoms with Gasteiger partial charge in [-0.1, -0.05) is 30.0 Å². The second kappa shape index (κ2) is 7.94. The van der Waals surface area contributed by atoms with Crippen LogP contribution in [-0.2, 0) is 16.1 Å². The van der Waals surface area contributed by atoms with Crippen LogP contribution in [0.2, 0.25) is 0 Å². The zero-order valence-corrected chi connectivity index (χ0v) is 14.9. The normalized spacial score (nSPS) is 10.6. The number of hydrogen-bond donors (Lipinski definition) is 0. The first-order chi connectivity index (χ1) is 12.1.